The van der Waals surface area contributed by atoms with Crippen molar-refractivity contribution in [2.24, 2.45) is 0 Å². The Morgan fingerprint density at radius 3 is 2.86 bits per heavy atom. The largest absolute Gasteiger partial charge is 0.462 e. The summed E-state index contributed by atoms with van der Waals surface area (Å²) in [7, 11) is 0. The Bertz CT molecular complexity index is 1090. The number of ether oxygens (including phenoxy) is 1. The molecule has 1 aromatic heterocycles. The zero-order valence-electron chi connectivity index (χ0n) is 14.9. The van der Waals surface area contributed by atoms with Crippen molar-refractivity contribution in [3.63, 3.8) is 0 Å². The van der Waals surface area contributed by atoms with Gasteiger partial charge >= 0.3 is 5.97 Å². The molecule has 0 aliphatic carbocycles. The van der Waals surface area contributed by atoms with Crippen LogP contribution in [0.15, 0.2) is 60.6 Å². The highest BCUT2D eigenvalue weighted by Crippen LogP contribution is 2.29. The number of nitrogens with one attached hydrogen (secondary N) is 2. The Kier molecular flexibility index (Phi) is 6.04. The summed E-state index contributed by atoms with van der Waals surface area (Å²) in [5, 5.41) is 16.6. The maximum atomic E-state index is 11.7. The molecule has 7 nitrogen and oxygen atoms in total. The van der Waals surface area contributed by atoms with Crippen molar-refractivity contribution in [1.29, 1.82) is 5.26 Å². The minimum atomic E-state index is -0.678. The normalized spacial score (nSPS) is 11.0. The third-order valence-electron chi connectivity index (χ3n) is 3.76. The van der Waals surface area contributed by atoms with E-state index in [1.807, 2.05) is 30.3 Å². The molecular weight excluding hydrogens is 378 g/mol. The molecule has 3 aromatic rings. The second-order valence-corrected chi connectivity index (χ2v) is 6.00. The zero-order chi connectivity index (χ0) is 19.9. The fourth-order valence-corrected chi connectivity index (χ4v) is 2.62. The minimum absolute atomic E-state index is 0.124. The Balaban J connectivity index is 1.91. The number of anilines is 3. The number of nitriles is 1. The van der Waals surface area contributed by atoms with Crippen molar-refractivity contribution in [2.45, 2.75) is 6.92 Å². The van der Waals surface area contributed by atoms with Crippen LogP contribution in [0.5, 0.6) is 0 Å². The van der Waals surface area contributed by atoms with Crippen LogP contribution in [0, 0.1) is 11.3 Å². The summed E-state index contributed by atoms with van der Waals surface area (Å²) in [4.78, 5) is 20.3. The molecule has 28 heavy (non-hydrogen) atoms. The predicted octanol–water partition coefficient (Wildman–Crippen LogP) is 4.41. The molecule has 1 heterocycles. The van der Waals surface area contributed by atoms with Crippen molar-refractivity contribution in [3.05, 3.63) is 65.6 Å². The smallest absolute Gasteiger partial charge is 0.350 e. The number of nitrogens with zero attached hydrogens (tertiary/aromatic N) is 3. The summed E-state index contributed by atoms with van der Waals surface area (Å²) in [6.07, 6.45) is 2.77. The molecular formula is C20H16ClN5O2. The van der Waals surface area contributed by atoms with Crippen molar-refractivity contribution >= 4 is 45.7 Å². The average molecular weight is 394 g/mol. The molecule has 0 aliphatic rings. The van der Waals surface area contributed by atoms with Crippen molar-refractivity contribution < 1.29 is 9.53 Å². The van der Waals surface area contributed by atoms with E-state index < -0.39 is 5.97 Å². The standard InChI is InChI=1S/C20H16ClN5O2/c1-2-28-20(27)13(10-22)11-23-14-7-8-17-15(9-14)19(25-12-24-17)26-18-6-4-3-5-16(18)21/h3-9,11-12,23H,2H2,1H3,(H,24,25,26)/b13-11-. The van der Waals surface area contributed by atoms with Gasteiger partial charge in [0.2, 0.25) is 0 Å². The molecule has 3 rings (SSSR count). The number of carbonyl (C=O) groups is 1. The molecule has 0 fully saturated rings. The highest BCUT2D eigenvalue weighted by Gasteiger charge is 2.10. The van der Waals surface area contributed by atoms with Gasteiger partial charge in [0, 0.05) is 17.3 Å². The lowest BCUT2D eigenvalue weighted by Gasteiger charge is -2.11. The molecule has 2 N–H and O–H groups in total. The van der Waals surface area contributed by atoms with Gasteiger partial charge in [0.25, 0.3) is 0 Å². The van der Waals surface area contributed by atoms with E-state index in [-0.39, 0.29) is 12.2 Å². The van der Waals surface area contributed by atoms with E-state index in [0.29, 0.717) is 16.5 Å². The summed E-state index contributed by atoms with van der Waals surface area (Å²) in [5.41, 5.74) is 1.98. The Morgan fingerprint density at radius 1 is 1.29 bits per heavy atom. The van der Waals surface area contributed by atoms with Crippen LogP contribution in [0.3, 0.4) is 0 Å². The summed E-state index contributed by atoms with van der Waals surface area (Å²) >= 11 is 6.21. The van der Waals surface area contributed by atoms with Gasteiger partial charge in [-0.1, -0.05) is 23.7 Å². The number of rotatable bonds is 6. The number of fused-ring (bicyclic) bond motifs is 1. The first-order valence-electron chi connectivity index (χ1n) is 8.42. The third kappa shape index (κ3) is 4.37. The lowest BCUT2D eigenvalue weighted by atomic mass is 10.2. The van der Waals surface area contributed by atoms with Crippen LogP contribution in [-0.2, 0) is 9.53 Å². The molecule has 0 saturated carbocycles. The number of aromatic nitrogens is 2. The summed E-state index contributed by atoms with van der Waals surface area (Å²) in [6.45, 7) is 1.87. The van der Waals surface area contributed by atoms with E-state index in [1.165, 1.54) is 12.5 Å². The number of para-hydroxylation sites is 1. The SMILES string of the molecule is CCOC(=O)/C(C#N)=C\Nc1ccc2ncnc(Nc3ccccc3Cl)c2c1. The van der Waals surface area contributed by atoms with Crippen LogP contribution in [0.1, 0.15) is 6.92 Å². The van der Waals surface area contributed by atoms with Gasteiger partial charge in [-0.3, -0.25) is 0 Å². The van der Waals surface area contributed by atoms with Crippen LogP contribution in [0.4, 0.5) is 17.2 Å². The fourth-order valence-electron chi connectivity index (χ4n) is 2.44. The molecule has 0 amide bonds. The van der Waals surface area contributed by atoms with Gasteiger partial charge < -0.3 is 15.4 Å². The molecule has 2 aromatic carbocycles. The van der Waals surface area contributed by atoms with Gasteiger partial charge in [0.05, 0.1) is 22.8 Å². The van der Waals surface area contributed by atoms with Crippen molar-refractivity contribution in [1.82, 2.24) is 9.97 Å². The molecule has 0 atom stereocenters. The maximum absolute atomic E-state index is 11.7. The van der Waals surface area contributed by atoms with Gasteiger partial charge in [-0.15, -0.1) is 0 Å². The van der Waals surface area contributed by atoms with Gasteiger partial charge in [-0.25, -0.2) is 14.8 Å². The highest BCUT2D eigenvalue weighted by atomic mass is 35.5. The van der Waals surface area contributed by atoms with Crippen molar-refractivity contribution in [3.8, 4) is 6.07 Å². The quantitative estimate of drug-likeness (QED) is 0.363. The van der Waals surface area contributed by atoms with E-state index in [2.05, 4.69) is 20.6 Å². The molecule has 0 saturated heterocycles. The summed E-state index contributed by atoms with van der Waals surface area (Å²) < 4.78 is 4.84. The van der Waals surface area contributed by atoms with Gasteiger partial charge in [-0.05, 0) is 37.3 Å². The first-order valence-corrected chi connectivity index (χ1v) is 8.80. The number of esters is 1. The lowest BCUT2D eigenvalue weighted by Crippen LogP contribution is -2.07. The Morgan fingerprint density at radius 2 is 2.11 bits per heavy atom. The molecule has 8 heteroatoms. The highest BCUT2D eigenvalue weighted by molar-refractivity contribution is 6.33. The van der Waals surface area contributed by atoms with E-state index >= 15 is 0 Å². The van der Waals surface area contributed by atoms with Crippen LogP contribution in [0.25, 0.3) is 10.9 Å². The van der Waals surface area contributed by atoms with Crippen LogP contribution >= 0.6 is 11.6 Å². The monoisotopic (exact) mass is 393 g/mol. The van der Waals surface area contributed by atoms with E-state index in [9.17, 15) is 4.79 Å². The number of hydrogen-bond acceptors (Lipinski definition) is 7. The third-order valence-corrected chi connectivity index (χ3v) is 4.09. The second-order valence-electron chi connectivity index (χ2n) is 5.59. The first-order chi connectivity index (χ1) is 13.6. The van der Waals surface area contributed by atoms with E-state index in [4.69, 9.17) is 21.6 Å². The van der Waals surface area contributed by atoms with Gasteiger partial charge in [0.1, 0.15) is 18.2 Å². The molecule has 0 unspecified atom stereocenters. The summed E-state index contributed by atoms with van der Waals surface area (Å²) in [5.74, 6) is -0.0978. The zero-order valence-corrected chi connectivity index (χ0v) is 15.7. The maximum Gasteiger partial charge on any atom is 0.350 e. The molecule has 0 radical (unpaired) electrons. The van der Waals surface area contributed by atoms with Crippen molar-refractivity contribution in [2.75, 3.05) is 17.2 Å². The van der Waals surface area contributed by atoms with Crippen LogP contribution < -0.4 is 10.6 Å². The molecule has 0 aliphatic heterocycles. The fraction of sp³-hybridized carbons (Fsp3) is 0.100. The number of benzene rings is 2. The lowest BCUT2D eigenvalue weighted by molar-refractivity contribution is -0.138. The predicted molar refractivity (Wildman–Crippen MR) is 108 cm³/mol. The van der Waals surface area contributed by atoms with Gasteiger partial charge in [-0.2, -0.15) is 5.26 Å². The Labute approximate surface area is 166 Å². The Hall–Kier alpha value is -3.63. The average Bonchev–Trinajstić information content (AvgIpc) is 2.70. The topological polar surface area (TPSA) is 99.9 Å². The first kappa shape index (κ1) is 19.1. The van der Waals surface area contributed by atoms with Crippen LogP contribution in [-0.4, -0.2) is 22.5 Å². The number of hydrogen-bond donors (Lipinski definition) is 2. The van der Waals surface area contributed by atoms with E-state index in [1.54, 1.807) is 25.1 Å². The summed E-state index contributed by atoms with van der Waals surface area (Å²) in [6, 6.07) is 14.6. The number of carbonyl (C=O) groups excluding carboxylic acids is 1. The minimum Gasteiger partial charge on any atom is -0.462 e. The molecule has 0 bridgehead atoms. The van der Waals surface area contributed by atoms with E-state index in [0.717, 1.165) is 16.6 Å². The molecule has 140 valence electrons. The van der Waals surface area contributed by atoms with Gasteiger partial charge in [0.15, 0.2) is 5.57 Å². The molecule has 0 spiro atoms. The second kappa shape index (κ2) is 8.84. The van der Waals surface area contributed by atoms with Crippen LogP contribution in [0.2, 0.25) is 5.02 Å². The number of halogens is 1.